The van der Waals surface area contributed by atoms with E-state index in [1.807, 2.05) is 19.1 Å². The van der Waals surface area contributed by atoms with E-state index in [0.717, 1.165) is 24.3 Å². The highest BCUT2D eigenvalue weighted by molar-refractivity contribution is 5.56. The standard InChI is InChI=1S/C19H19FN6/c1-13-11-15(8-10-23-13)24-9-2-3-18-17(12-21)19(22)26(25-18)16-6-4-14(20)5-7-16/h4-8,10-11H,2-3,9,22H2,1H3,(H,23,24). The van der Waals surface area contributed by atoms with Crippen LogP contribution in [0.3, 0.4) is 0 Å². The van der Waals surface area contributed by atoms with Crippen LogP contribution in [0.25, 0.3) is 5.69 Å². The fraction of sp³-hybridized carbons (Fsp3) is 0.211. The van der Waals surface area contributed by atoms with Crippen molar-refractivity contribution in [1.82, 2.24) is 14.8 Å². The van der Waals surface area contributed by atoms with E-state index in [1.165, 1.54) is 16.8 Å². The van der Waals surface area contributed by atoms with Crippen LogP contribution >= 0.6 is 0 Å². The van der Waals surface area contributed by atoms with Gasteiger partial charge in [-0.1, -0.05) is 0 Å². The highest BCUT2D eigenvalue weighted by atomic mass is 19.1. The van der Waals surface area contributed by atoms with Crippen LogP contribution in [0.1, 0.15) is 23.4 Å². The van der Waals surface area contributed by atoms with Gasteiger partial charge in [-0.15, -0.1) is 0 Å². The molecule has 0 spiro atoms. The molecule has 0 saturated heterocycles. The third-order valence-electron chi connectivity index (χ3n) is 3.99. The van der Waals surface area contributed by atoms with Gasteiger partial charge in [-0.3, -0.25) is 4.98 Å². The number of benzene rings is 1. The van der Waals surface area contributed by atoms with Gasteiger partial charge in [0.2, 0.25) is 0 Å². The molecule has 3 aromatic rings. The van der Waals surface area contributed by atoms with Crippen LogP contribution in [0.2, 0.25) is 0 Å². The predicted octanol–water partition coefficient (Wildman–Crippen LogP) is 3.21. The number of hydrogen-bond acceptors (Lipinski definition) is 5. The zero-order chi connectivity index (χ0) is 18.5. The van der Waals surface area contributed by atoms with Crippen LogP contribution in [0.15, 0.2) is 42.6 Å². The number of aryl methyl sites for hydroxylation is 2. The summed E-state index contributed by atoms with van der Waals surface area (Å²) >= 11 is 0. The smallest absolute Gasteiger partial charge is 0.145 e. The maximum absolute atomic E-state index is 13.1. The number of aromatic nitrogens is 3. The van der Waals surface area contributed by atoms with Crippen LogP contribution in [-0.4, -0.2) is 21.3 Å². The number of rotatable bonds is 6. The van der Waals surface area contributed by atoms with Crippen molar-refractivity contribution in [3.8, 4) is 11.8 Å². The van der Waals surface area contributed by atoms with E-state index in [-0.39, 0.29) is 11.6 Å². The highest BCUT2D eigenvalue weighted by Crippen LogP contribution is 2.22. The lowest BCUT2D eigenvalue weighted by atomic mass is 10.1. The largest absolute Gasteiger partial charge is 0.385 e. The lowest BCUT2D eigenvalue weighted by Crippen LogP contribution is -2.04. The molecule has 1 aromatic carbocycles. The summed E-state index contributed by atoms with van der Waals surface area (Å²) < 4.78 is 14.6. The molecule has 0 amide bonds. The second-order valence-corrected chi connectivity index (χ2v) is 5.92. The molecule has 0 fully saturated rings. The van der Waals surface area contributed by atoms with E-state index in [4.69, 9.17) is 5.73 Å². The molecule has 0 saturated carbocycles. The molecule has 0 aliphatic heterocycles. The minimum atomic E-state index is -0.336. The third-order valence-corrected chi connectivity index (χ3v) is 3.99. The lowest BCUT2D eigenvalue weighted by molar-refractivity contribution is 0.627. The van der Waals surface area contributed by atoms with Gasteiger partial charge in [0.05, 0.1) is 11.4 Å². The summed E-state index contributed by atoms with van der Waals surface area (Å²) in [7, 11) is 0. The molecule has 26 heavy (non-hydrogen) atoms. The molecule has 0 unspecified atom stereocenters. The molecular weight excluding hydrogens is 331 g/mol. The minimum absolute atomic E-state index is 0.270. The number of halogens is 1. The summed E-state index contributed by atoms with van der Waals surface area (Å²) in [5, 5.41) is 17.2. The summed E-state index contributed by atoms with van der Waals surface area (Å²) in [5.74, 6) is -0.0653. The van der Waals surface area contributed by atoms with Gasteiger partial charge in [0.25, 0.3) is 0 Å². The fourth-order valence-electron chi connectivity index (χ4n) is 2.70. The molecular formula is C19H19FN6. The first-order valence-corrected chi connectivity index (χ1v) is 8.28. The Labute approximate surface area is 151 Å². The fourth-order valence-corrected chi connectivity index (χ4v) is 2.70. The lowest BCUT2D eigenvalue weighted by Gasteiger charge is -2.06. The molecule has 0 radical (unpaired) electrons. The summed E-state index contributed by atoms with van der Waals surface area (Å²) in [6.45, 7) is 2.67. The monoisotopic (exact) mass is 350 g/mol. The van der Waals surface area contributed by atoms with Crippen molar-refractivity contribution in [2.75, 3.05) is 17.6 Å². The van der Waals surface area contributed by atoms with Gasteiger partial charge in [-0.25, -0.2) is 9.07 Å². The second-order valence-electron chi connectivity index (χ2n) is 5.92. The molecule has 0 aliphatic rings. The topological polar surface area (TPSA) is 92.5 Å². The minimum Gasteiger partial charge on any atom is -0.385 e. The first kappa shape index (κ1) is 17.4. The number of nitrogen functional groups attached to an aromatic ring is 1. The van der Waals surface area contributed by atoms with Gasteiger partial charge in [0, 0.05) is 24.1 Å². The van der Waals surface area contributed by atoms with Crippen LogP contribution < -0.4 is 11.1 Å². The summed E-state index contributed by atoms with van der Waals surface area (Å²) in [4.78, 5) is 4.16. The maximum atomic E-state index is 13.1. The molecule has 2 aromatic heterocycles. The van der Waals surface area contributed by atoms with Gasteiger partial charge >= 0.3 is 0 Å². The van der Waals surface area contributed by atoms with Crippen molar-refractivity contribution in [1.29, 1.82) is 5.26 Å². The number of nitrogens with zero attached hydrogens (tertiary/aromatic N) is 4. The van der Waals surface area contributed by atoms with Gasteiger partial charge in [0.15, 0.2) is 0 Å². The zero-order valence-electron chi connectivity index (χ0n) is 14.4. The van der Waals surface area contributed by atoms with E-state index < -0.39 is 0 Å². The average Bonchev–Trinajstić information content (AvgIpc) is 2.95. The van der Waals surface area contributed by atoms with Gasteiger partial charge in [0.1, 0.15) is 23.3 Å². The Kier molecular flexibility index (Phi) is 5.13. The quantitative estimate of drug-likeness (QED) is 0.666. The molecule has 2 heterocycles. The van der Waals surface area contributed by atoms with Gasteiger partial charge in [-0.2, -0.15) is 10.4 Å². The van der Waals surface area contributed by atoms with E-state index in [2.05, 4.69) is 21.5 Å². The molecule has 6 nitrogen and oxygen atoms in total. The molecule has 0 bridgehead atoms. The first-order chi connectivity index (χ1) is 12.6. The summed E-state index contributed by atoms with van der Waals surface area (Å²) in [6, 6.07) is 11.8. The SMILES string of the molecule is Cc1cc(NCCCc2nn(-c3ccc(F)cc3)c(N)c2C#N)ccn1. The van der Waals surface area contributed by atoms with Gasteiger partial charge < -0.3 is 11.1 Å². The molecule has 0 aliphatic carbocycles. The van der Waals surface area contributed by atoms with E-state index in [0.29, 0.717) is 23.4 Å². The van der Waals surface area contributed by atoms with Crippen LogP contribution in [0.5, 0.6) is 0 Å². The number of nitrogens with two attached hydrogens (primary N) is 1. The van der Waals surface area contributed by atoms with E-state index >= 15 is 0 Å². The first-order valence-electron chi connectivity index (χ1n) is 8.28. The van der Waals surface area contributed by atoms with Crippen LogP contribution in [-0.2, 0) is 6.42 Å². The van der Waals surface area contributed by atoms with Crippen molar-refractivity contribution in [3.63, 3.8) is 0 Å². The molecule has 3 N–H and O–H groups in total. The Balaban J connectivity index is 1.69. The van der Waals surface area contributed by atoms with Crippen LogP contribution in [0.4, 0.5) is 15.9 Å². The Morgan fingerprint density at radius 2 is 2.04 bits per heavy atom. The van der Waals surface area contributed by atoms with Crippen molar-refractivity contribution in [2.24, 2.45) is 0 Å². The van der Waals surface area contributed by atoms with E-state index in [9.17, 15) is 9.65 Å². The summed E-state index contributed by atoms with van der Waals surface area (Å²) in [5.41, 5.74) is 9.65. The second kappa shape index (κ2) is 7.66. The number of pyridine rings is 1. The Hall–Kier alpha value is -3.40. The van der Waals surface area contributed by atoms with Gasteiger partial charge in [-0.05, 0) is 56.2 Å². The molecule has 3 rings (SSSR count). The molecule has 0 atom stereocenters. The van der Waals surface area contributed by atoms with Crippen molar-refractivity contribution < 1.29 is 4.39 Å². The normalized spacial score (nSPS) is 10.5. The highest BCUT2D eigenvalue weighted by Gasteiger charge is 2.16. The predicted molar refractivity (Wildman–Crippen MR) is 98.4 cm³/mol. The van der Waals surface area contributed by atoms with Crippen LogP contribution in [0, 0.1) is 24.1 Å². The Morgan fingerprint density at radius 3 is 2.73 bits per heavy atom. The maximum Gasteiger partial charge on any atom is 0.145 e. The third kappa shape index (κ3) is 3.81. The van der Waals surface area contributed by atoms with Crippen molar-refractivity contribution in [3.05, 3.63) is 65.4 Å². The number of anilines is 2. The molecule has 132 valence electrons. The summed E-state index contributed by atoms with van der Waals surface area (Å²) in [6.07, 6.45) is 3.16. The van der Waals surface area contributed by atoms with E-state index in [1.54, 1.807) is 18.3 Å². The Morgan fingerprint density at radius 1 is 1.27 bits per heavy atom. The number of hydrogen-bond donors (Lipinski definition) is 2. The zero-order valence-corrected chi connectivity index (χ0v) is 14.4. The van der Waals surface area contributed by atoms with Crippen molar-refractivity contribution >= 4 is 11.5 Å². The molecule has 7 heteroatoms. The van der Waals surface area contributed by atoms with Crippen molar-refractivity contribution in [2.45, 2.75) is 19.8 Å². The number of nitrogens with one attached hydrogen (secondary N) is 1. The average molecular weight is 350 g/mol. The number of nitriles is 1. The Bertz CT molecular complexity index is 940.